The van der Waals surface area contributed by atoms with Gasteiger partial charge in [0.1, 0.15) is 71.6 Å². The number of hydrogen-bond donors (Lipinski definition) is 9. The van der Waals surface area contributed by atoms with E-state index in [0.717, 1.165) is 6.07 Å². The average molecular weight is 611 g/mol. The number of hydrogen-bond acceptors (Lipinski definition) is 15. The monoisotopic (exact) mass is 610 g/mol. The largest absolute Gasteiger partial charge is 0.508 e. The highest BCUT2D eigenvalue weighted by Crippen LogP contribution is 2.44. The van der Waals surface area contributed by atoms with E-state index in [0.29, 0.717) is 11.1 Å². The number of rotatable bonds is 6. The van der Waals surface area contributed by atoms with Crippen LogP contribution in [0.3, 0.4) is 0 Å². The van der Waals surface area contributed by atoms with E-state index in [-0.39, 0.29) is 35.0 Å². The van der Waals surface area contributed by atoms with Gasteiger partial charge >= 0.3 is 0 Å². The van der Waals surface area contributed by atoms with Crippen LogP contribution in [-0.2, 0) is 14.2 Å². The second-order valence-electron chi connectivity index (χ2n) is 10.9. The van der Waals surface area contributed by atoms with Crippen LogP contribution < -0.4 is 9.47 Å². The van der Waals surface area contributed by atoms with Gasteiger partial charge in [0.15, 0.2) is 23.6 Å². The molecular weight excluding hydrogens is 576 g/mol. The number of phenols is 3. The van der Waals surface area contributed by atoms with E-state index in [4.69, 9.17) is 23.7 Å². The van der Waals surface area contributed by atoms with Crippen LogP contribution >= 0.6 is 0 Å². The van der Waals surface area contributed by atoms with Crippen LogP contribution in [0, 0.1) is 6.92 Å². The molecule has 15 heteroatoms. The standard InChI is InChI=1S/C28H34O15/c1-9-3-11(15-7-14(32)19-13(31)5-12(30)6-16(19)40-15)4-17(20(9)33)41-27-25(38)23(36)26(10(2)39-27)43-28-24(37)22(35)21(34)18(8-29)42-28/h3-6,10,15,18,21-31,33-38H,7-8H2,1-2H3/t10-,15-,18+,21-,22-,23-,24+,25+,26-,27-,28-/m0/s1. The summed E-state index contributed by atoms with van der Waals surface area (Å²) in [5, 5.41) is 92.0. The fraction of sp³-hybridized carbons (Fsp3) is 0.536. The quantitative estimate of drug-likeness (QED) is 0.187. The Kier molecular flexibility index (Phi) is 8.72. The molecule has 11 atom stereocenters. The minimum atomic E-state index is -1.76. The van der Waals surface area contributed by atoms with Crippen molar-refractivity contribution in [2.45, 2.75) is 87.8 Å². The summed E-state index contributed by atoms with van der Waals surface area (Å²) in [5.74, 6) is -1.69. The van der Waals surface area contributed by atoms with E-state index >= 15 is 0 Å². The second kappa shape index (κ2) is 12.0. The van der Waals surface area contributed by atoms with E-state index < -0.39 is 85.7 Å². The molecule has 0 saturated carbocycles. The maximum Gasteiger partial charge on any atom is 0.229 e. The average Bonchev–Trinajstić information content (AvgIpc) is 2.95. The molecule has 0 aliphatic carbocycles. The highest BCUT2D eigenvalue weighted by atomic mass is 16.7. The first-order chi connectivity index (χ1) is 20.3. The van der Waals surface area contributed by atoms with Crippen LogP contribution in [0.5, 0.6) is 28.7 Å². The number of ketones is 1. The van der Waals surface area contributed by atoms with Crippen molar-refractivity contribution < 1.29 is 74.4 Å². The molecule has 5 rings (SSSR count). The number of carbonyl (C=O) groups is 1. The summed E-state index contributed by atoms with van der Waals surface area (Å²) < 4.78 is 28.3. The Bertz CT molecular complexity index is 1350. The molecule has 0 amide bonds. The lowest BCUT2D eigenvalue weighted by atomic mass is 9.94. The Hall–Kier alpha value is -3.25. The van der Waals surface area contributed by atoms with E-state index in [1.54, 1.807) is 13.0 Å². The lowest BCUT2D eigenvalue weighted by molar-refractivity contribution is -0.348. The topological polar surface area (TPSA) is 245 Å². The first-order valence-electron chi connectivity index (χ1n) is 13.5. The number of carbonyl (C=O) groups excluding carboxylic acids is 1. The van der Waals surface area contributed by atoms with E-state index in [1.165, 1.54) is 19.1 Å². The molecule has 3 heterocycles. The van der Waals surface area contributed by atoms with Crippen molar-refractivity contribution in [1.82, 2.24) is 0 Å². The van der Waals surface area contributed by atoms with Crippen molar-refractivity contribution >= 4 is 5.78 Å². The molecule has 0 radical (unpaired) electrons. The summed E-state index contributed by atoms with van der Waals surface area (Å²) in [7, 11) is 0. The summed E-state index contributed by atoms with van der Waals surface area (Å²) in [4.78, 5) is 12.8. The van der Waals surface area contributed by atoms with Gasteiger partial charge in [0.25, 0.3) is 0 Å². The van der Waals surface area contributed by atoms with Gasteiger partial charge < -0.3 is 69.6 Å². The smallest absolute Gasteiger partial charge is 0.229 e. The molecular formula is C28H34O15. The van der Waals surface area contributed by atoms with Crippen molar-refractivity contribution in [2.75, 3.05) is 6.61 Å². The van der Waals surface area contributed by atoms with Crippen molar-refractivity contribution in [3.63, 3.8) is 0 Å². The molecule has 2 aromatic carbocycles. The zero-order valence-corrected chi connectivity index (χ0v) is 23.0. The van der Waals surface area contributed by atoms with Crippen LogP contribution in [0.4, 0.5) is 0 Å². The highest BCUT2D eigenvalue weighted by molar-refractivity contribution is 6.02. The van der Waals surface area contributed by atoms with Gasteiger partial charge in [-0.2, -0.15) is 0 Å². The minimum absolute atomic E-state index is 0.0274. The van der Waals surface area contributed by atoms with Crippen molar-refractivity contribution in [3.05, 3.63) is 41.0 Å². The van der Waals surface area contributed by atoms with E-state index in [9.17, 15) is 50.8 Å². The molecule has 2 aromatic rings. The summed E-state index contributed by atoms with van der Waals surface area (Å²) in [6, 6.07) is 5.13. The third kappa shape index (κ3) is 5.83. The lowest BCUT2D eigenvalue weighted by Crippen LogP contribution is -2.64. The number of aliphatic hydroxyl groups excluding tert-OH is 6. The molecule has 15 nitrogen and oxygen atoms in total. The maximum absolute atomic E-state index is 12.8. The van der Waals surface area contributed by atoms with Crippen molar-refractivity contribution in [3.8, 4) is 28.7 Å². The second-order valence-corrected chi connectivity index (χ2v) is 10.9. The summed E-state index contributed by atoms with van der Waals surface area (Å²) in [6.45, 7) is 2.33. The van der Waals surface area contributed by atoms with Gasteiger partial charge in [-0.1, -0.05) is 0 Å². The lowest BCUT2D eigenvalue weighted by Gasteiger charge is -2.45. The normalized spacial score (nSPS) is 36.1. The molecule has 0 aromatic heterocycles. The van der Waals surface area contributed by atoms with Gasteiger partial charge in [-0.25, -0.2) is 0 Å². The Labute approximate surface area is 244 Å². The molecule has 236 valence electrons. The number of benzene rings is 2. The fourth-order valence-corrected chi connectivity index (χ4v) is 5.41. The first-order valence-corrected chi connectivity index (χ1v) is 13.5. The summed E-state index contributed by atoms with van der Waals surface area (Å²) in [5.41, 5.74) is 0.633. The Balaban J connectivity index is 1.32. The van der Waals surface area contributed by atoms with Gasteiger partial charge in [0, 0.05) is 12.1 Å². The third-order valence-corrected chi connectivity index (χ3v) is 7.80. The number of fused-ring (bicyclic) bond motifs is 1. The number of phenolic OH excluding ortho intramolecular Hbond substituents is 3. The van der Waals surface area contributed by atoms with Gasteiger partial charge in [0.05, 0.1) is 19.1 Å². The maximum atomic E-state index is 12.8. The molecule has 0 unspecified atom stereocenters. The van der Waals surface area contributed by atoms with Gasteiger partial charge in [-0.3, -0.25) is 4.79 Å². The molecule has 3 aliphatic rings. The SMILES string of the molecule is Cc1cc([C@@H]2CC(=O)c3c(O)cc(O)cc3O2)cc(O[C@@H]2O[C@@H](C)[C@H](O[C@@H]3O[C@H](CO)[C@H](O)[C@H](O)[C@H]3O)[C@@H](O)[C@H]2O)c1O. The van der Waals surface area contributed by atoms with E-state index in [2.05, 4.69) is 0 Å². The van der Waals surface area contributed by atoms with E-state index in [1.807, 2.05) is 0 Å². The number of aryl methyl sites for hydroxylation is 1. The van der Waals surface area contributed by atoms with Crippen molar-refractivity contribution in [1.29, 1.82) is 0 Å². The Morgan fingerprint density at radius 2 is 1.58 bits per heavy atom. The van der Waals surface area contributed by atoms with Crippen LogP contribution in [0.25, 0.3) is 0 Å². The van der Waals surface area contributed by atoms with Gasteiger partial charge in [0.2, 0.25) is 6.29 Å². The van der Waals surface area contributed by atoms with Gasteiger partial charge in [-0.05, 0) is 37.1 Å². The van der Waals surface area contributed by atoms with Gasteiger partial charge in [-0.15, -0.1) is 0 Å². The molecule has 0 spiro atoms. The zero-order valence-electron chi connectivity index (χ0n) is 23.0. The number of aliphatic hydroxyl groups is 6. The zero-order chi connectivity index (χ0) is 31.3. The summed E-state index contributed by atoms with van der Waals surface area (Å²) in [6.07, 6.45) is -16.3. The molecule has 43 heavy (non-hydrogen) atoms. The third-order valence-electron chi connectivity index (χ3n) is 7.80. The van der Waals surface area contributed by atoms with Crippen LogP contribution in [0.15, 0.2) is 24.3 Å². The van der Waals surface area contributed by atoms with Crippen LogP contribution in [0.1, 0.15) is 40.9 Å². The predicted molar refractivity (Wildman–Crippen MR) is 141 cm³/mol. The molecule has 9 N–H and O–H groups in total. The molecule has 3 aliphatic heterocycles. The summed E-state index contributed by atoms with van der Waals surface area (Å²) >= 11 is 0. The number of Topliss-reactive ketones (excluding diaryl/α,β-unsaturated/α-hetero) is 1. The first kappa shape index (κ1) is 31.2. The Morgan fingerprint density at radius 1 is 0.884 bits per heavy atom. The fourth-order valence-electron chi connectivity index (χ4n) is 5.41. The molecule has 2 saturated heterocycles. The molecule has 0 bridgehead atoms. The minimum Gasteiger partial charge on any atom is -0.508 e. The predicted octanol–water partition coefficient (Wildman–Crippen LogP) is -1.15. The highest BCUT2D eigenvalue weighted by Gasteiger charge is 2.50. The van der Waals surface area contributed by atoms with Crippen molar-refractivity contribution in [2.24, 2.45) is 0 Å². The van der Waals surface area contributed by atoms with Crippen LogP contribution in [0.2, 0.25) is 0 Å². The van der Waals surface area contributed by atoms with Crippen LogP contribution in [-0.4, -0.2) is 120 Å². The number of ether oxygens (including phenoxy) is 5. The molecule has 2 fully saturated rings. The number of aromatic hydroxyl groups is 3. The Morgan fingerprint density at radius 3 is 2.28 bits per heavy atom.